The van der Waals surface area contributed by atoms with Crippen molar-refractivity contribution in [2.75, 3.05) is 13.7 Å². The van der Waals surface area contributed by atoms with Crippen molar-refractivity contribution in [3.05, 3.63) is 57.9 Å². The van der Waals surface area contributed by atoms with Gasteiger partial charge in [0.2, 0.25) is 0 Å². The Bertz CT molecular complexity index is 1110. The zero-order valence-corrected chi connectivity index (χ0v) is 17.1. The number of amides is 1. The monoisotopic (exact) mass is 398 g/mol. The molecule has 3 aromatic rings. The van der Waals surface area contributed by atoms with Gasteiger partial charge in [-0.05, 0) is 55.7 Å². The van der Waals surface area contributed by atoms with Crippen molar-refractivity contribution in [2.24, 2.45) is 4.99 Å². The van der Waals surface area contributed by atoms with Crippen molar-refractivity contribution in [1.82, 2.24) is 4.57 Å². The summed E-state index contributed by atoms with van der Waals surface area (Å²) in [5.74, 6) is -0.196. The lowest BCUT2D eigenvalue weighted by Gasteiger charge is -2.06. The smallest absolute Gasteiger partial charge is 0.325 e. The number of methoxy groups -OCH3 is 1. The van der Waals surface area contributed by atoms with Gasteiger partial charge < -0.3 is 14.0 Å². The van der Waals surface area contributed by atoms with E-state index in [0.717, 1.165) is 26.9 Å². The van der Waals surface area contributed by atoms with Gasteiger partial charge >= 0.3 is 5.97 Å². The van der Waals surface area contributed by atoms with Gasteiger partial charge in [0.1, 0.15) is 12.3 Å². The Hall–Kier alpha value is -2.93. The van der Waals surface area contributed by atoms with Crippen LogP contribution in [0.25, 0.3) is 10.2 Å². The average Bonchev–Trinajstić information content (AvgIpc) is 2.97. The third-order valence-corrected chi connectivity index (χ3v) is 5.43. The number of benzene rings is 2. The molecule has 0 aliphatic heterocycles. The highest BCUT2D eigenvalue weighted by atomic mass is 32.1. The third kappa shape index (κ3) is 4.48. The van der Waals surface area contributed by atoms with Gasteiger partial charge in [-0.2, -0.15) is 4.99 Å². The van der Waals surface area contributed by atoms with Gasteiger partial charge in [-0.3, -0.25) is 9.59 Å². The lowest BCUT2D eigenvalue weighted by Crippen LogP contribution is -2.23. The number of rotatable bonds is 5. The van der Waals surface area contributed by atoms with Gasteiger partial charge in [0, 0.05) is 0 Å². The van der Waals surface area contributed by atoms with E-state index >= 15 is 0 Å². The summed E-state index contributed by atoms with van der Waals surface area (Å²) >= 11 is 1.38. The maximum absolute atomic E-state index is 12.4. The fourth-order valence-electron chi connectivity index (χ4n) is 2.93. The number of carbonyl (C=O) groups excluding carboxylic acids is 2. The van der Waals surface area contributed by atoms with Crippen LogP contribution in [0, 0.1) is 20.8 Å². The molecule has 0 aliphatic carbocycles. The molecule has 3 rings (SSSR count). The highest BCUT2D eigenvalue weighted by Crippen LogP contribution is 2.23. The first-order valence-corrected chi connectivity index (χ1v) is 9.63. The van der Waals surface area contributed by atoms with Crippen LogP contribution in [0.2, 0.25) is 0 Å². The summed E-state index contributed by atoms with van der Waals surface area (Å²) in [7, 11) is 1.34. The largest absolute Gasteiger partial charge is 0.484 e. The van der Waals surface area contributed by atoms with Crippen LogP contribution >= 0.6 is 11.3 Å². The quantitative estimate of drug-likeness (QED) is 0.619. The molecule has 2 aromatic carbocycles. The number of carbonyl (C=O) groups is 2. The zero-order valence-electron chi connectivity index (χ0n) is 16.3. The standard InChI is InChI=1S/C21H22N2O4S/c1-13-6-5-7-16(9-13)27-12-18(24)22-21-23(11-19(25)26-4)17-10-14(2)8-15(3)20(17)28-21/h5-10H,11-12H2,1-4H3. The molecule has 6 nitrogen and oxygen atoms in total. The molecule has 0 N–H and O–H groups in total. The van der Waals surface area contributed by atoms with E-state index in [4.69, 9.17) is 9.47 Å². The van der Waals surface area contributed by atoms with Gasteiger partial charge in [0.15, 0.2) is 11.4 Å². The Labute approximate surface area is 167 Å². The Morgan fingerprint density at radius 2 is 1.89 bits per heavy atom. The summed E-state index contributed by atoms with van der Waals surface area (Å²) in [5, 5.41) is 0. The second-order valence-corrected chi connectivity index (χ2v) is 7.57. The van der Waals surface area contributed by atoms with E-state index in [1.54, 1.807) is 10.6 Å². The maximum Gasteiger partial charge on any atom is 0.325 e. The Morgan fingerprint density at radius 3 is 2.61 bits per heavy atom. The van der Waals surface area contributed by atoms with Gasteiger partial charge in [-0.1, -0.05) is 29.5 Å². The summed E-state index contributed by atoms with van der Waals surface area (Å²) in [5.41, 5.74) is 4.05. The molecule has 0 bridgehead atoms. The molecular formula is C21H22N2O4S. The number of hydrogen-bond donors (Lipinski definition) is 0. The van der Waals surface area contributed by atoms with Gasteiger partial charge in [0.25, 0.3) is 5.91 Å². The van der Waals surface area contributed by atoms with Crippen LogP contribution in [0.1, 0.15) is 16.7 Å². The second-order valence-electron chi connectivity index (χ2n) is 6.59. The summed E-state index contributed by atoms with van der Waals surface area (Å²) < 4.78 is 13.0. The van der Waals surface area contributed by atoms with Crippen LogP contribution in [0.3, 0.4) is 0 Å². The SMILES string of the molecule is COC(=O)Cn1c(=NC(=O)COc2cccc(C)c2)sc2c(C)cc(C)cc21. The number of aromatic nitrogens is 1. The van der Waals surface area contributed by atoms with E-state index in [1.165, 1.54) is 18.4 Å². The first kappa shape index (κ1) is 19.8. The van der Waals surface area contributed by atoms with Gasteiger partial charge in [-0.25, -0.2) is 0 Å². The summed E-state index contributed by atoms with van der Waals surface area (Å²) in [6.07, 6.45) is 0. The third-order valence-electron chi connectivity index (χ3n) is 4.20. The van der Waals surface area contributed by atoms with Crippen LogP contribution in [-0.4, -0.2) is 30.2 Å². The molecule has 7 heteroatoms. The van der Waals surface area contributed by atoms with Crippen LogP contribution in [0.4, 0.5) is 0 Å². The molecule has 0 unspecified atom stereocenters. The van der Waals surface area contributed by atoms with E-state index < -0.39 is 11.9 Å². The predicted molar refractivity (Wildman–Crippen MR) is 109 cm³/mol. The lowest BCUT2D eigenvalue weighted by molar-refractivity contribution is -0.141. The summed E-state index contributed by atoms with van der Waals surface area (Å²) in [4.78, 5) is 28.9. The Kier molecular flexibility index (Phi) is 5.94. The molecule has 0 fully saturated rings. The van der Waals surface area contributed by atoms with Crippen molar-refractivity contribution in [1.29, 1.82) is 0 Å². The van der Waals surface area contributed by atoms with Crippen molar-refractivity contribution in [3.63, 3.8) is 0 Å². The number of nitrogens with zero attached hydrogens (tertiary/aromatic N) is 2. The molecule has 0 saturated heterocycles. The van der Waals surface area contributed by atoms with E-state index in [9.17, 15) is 9.59 Å². The number of aryl methyl sites for hydroxylation is 3. The van der Waals surface area contributed by atoms with Crippen LogP contribution < -0.4 is 9.54 Å². The number of hydrogen-bond acceptors (Lipinski definition) is 5. The number of thiazole rings is 1. The van der Waals surface area contributed by atoms with E-state index in [1.807, 2.05) is 45.0 Å². The van der Waals surface area contributed by atoms with E-state index in [-0.39, 0.29) is 13.2 Å². The molecule has 1 aromatic heterocycles. The highest BCUT2D eigenvalue weighted by molar-refractivity contribution is 7.16. The lowest BCUT2D eigenvalue weighted by atomic mass is 10.1. The summed E-state index contributed by atoms with van der Waals surface area (Å²) in [6, 6.07) is 11.5. The zero-order chi connectivity index (χ0) is 20.3. The topological polar surface area (TPSA) is 69.9 Å². The minimum atomic E-state index is -0.416. The first-order chi connectivity index (χ1) is 13.4. The number of esters is 1. The average molecular weight is 398 g/mol. The van der Waals surface area contributed by atoms with Crippen molar-refractivity contribution < 1.29 is 19.1 Å². The molecular weight excluding hydrogens is 376 g/mol. The maximum atomic E-state index is 12.4. The highest BCUT2D eigenvalue weighted by Gasteiger charge is 2.14. The van der Waals surface area contributed by atoms with Crippen molar-refractivity contribution in [2.45, 2.75) is 27.3 Å². The normalized spacial score (nSPS) is 11.6. The van der Waals surface area contributed by atoms with Crippen molar-refractivity contribution >= 4 is 33.4 Å². The molecule has 28 heavy (non-hydrogen) atoms. The Morgan fingerprint density at radius 1 is 1.11 bits per heavy atom. The molecule has 1 amide bonds. The minimum absolute atomic E-state index is 0.00968. The molecule has 0 saturated carbocycles. The predicted octanol–water partition coefficient (Wildman–Crippen LogP) is 3.31. The fraction of sp³-hybridized carbons (Fsp3) is 0.286. The van der Waals surface area contributed by atoms with Crippen LogP contribution in [0.15, 0.2) is 41.4 Å². The second kappa shape index (κ2) is 8.39. The van der Waals surface area contributed by atoms with Gasteiger partial charge in [0.05, 0.1) is 17.3 Å². The minimum Gasteiger partial charge on any atom is -0.484 e. The molecule has 1 heterocycles. The molecule has 0 radical (unpaired) electrons. The van der Waals surface area contributed by atoms with Crippen LogP contribution in [0.5, 0.6) is 5.75 Å². The van der Waals surface area contributed by atoms with Gasteiger partial charge in [-0.15, -0.1) is 0 Å². The number of ether oxygens (including phenoxy) is 2. The molecule has 146 valence electrons. The molecule has 0 spiro atoms. The number of fused-ring (bicyclic) bond motifs is 1. The van der Waals surface area contributed by atoms with Crippen molar-refractivity contribution in [3.8, 4) is 5.75 Å². The van der Waals surface area contributed by atoms with Crippen LogP contribution in [-0.2, 0) is 20.9 Å². The van der Waals surface area contributed by atoms with E-state index in [0.29, 0.717) is 10.6 Å². The first-order valence-electron chi connectivity index (χ1n) is 8.82. The Balaban J connectivity index is 1.95. The molecule has 0 atom stereocenters. The fourth-order valence-corrected chi connectivity index (χ4v) is 4.03. The summed E-state index contributed by atoms with van der Waals surface area (Å²) in [6.45, 7) is 5.76. The van der Waals surface area contributed by atoms with E-state index in [2.05, 4.69) is 11.1 Å². The molecule has 0 aliphatic rings.